The Morgan fingerprint density at radius 3 is 2.70 bits per heavy atom. The molecule has 0 radical (unpaired) electrons. The topological polar surface area (TPSA) is 60.2 Å². The lowest BCUT2D eigenvalue weighted by atomic mass is 10.1. The van der Waals surface area contributed by atoms with E-state index >= 15 is 0 Å². The molecule has 0 fully saturated rings. The Bertz CT molecular complexity index is 713. The van der Waals surface area contributed by atoms with Gasteiger partial charge in [0.2, 0.25) is 0 Å². The lowest BCUT2D eigenvalue weighted by Gasteiger charge is -2.12. The van der Waals surface area contributed by atoms with Crippen LogP contribution in [0, 0.1) is 18.3 Å². The van der Waals surface area contributed by atoms with Crippen LogP contribution in [-0.4, -0.2) is 12.5 Å². The third kappa shape index (κ3) is 5.15. The average Bonchev–Trinajstić information content (AvgIpc) is 2.59. The van der Waals surface area contributed by atoms with Gasteiger partial charge in [-0.1, -0.05) is 36.4 Å². The van der Waals surface area contributed by atoms with Crippen molar-refractivity contribution < 1.29 is 0 Å². The number of nitriles is 1. The van der Waals surface area contributed by atoms with E-state index in [9.17, 15) is 0 Å². The first-order valence-electron chi connectivity index (χ1n) is 7.78. The number of aliphatic imine (C=N–C) groups is 1. The highest BCUT2D eigenvalue weighted by atomic mass is 15.2. The summed E-state index contributed by atoms with van der Waals surface area (Å²) in [7, 11) is 0. The Morgan fingerprint density at radius 2 is 1.96 bits per heavy atom. The molecule has 118 valence electrons. The minimum absolute atomic E-state index is 0.540. The van der Waals surface area contributed by atoms with Crippen molar-refractivity contribution >= 4 is 5.96 Å². The molecular formula is C19H22N4. The molecule has 4 heteroatoms. The molecule has 0 spiro atoms. The van der Waals surface area contributed by atoms with Gasteiger partial charge in [0.15, 0.2) is 5.96 Å². The van der Waals surface area contributed by atoms with Gasteiger partial charge in [0, 0.05) is 13.1 Å². The fraction of sp³-hybridized carbons (Fsp3) is 0.263. The number of nitrogens with zero attached hydrogens (tertiary/aromatic N) is 2. The fourth-order valence-corrected chi connectivity index (χ4v) is 2.24. The van der Waals surface area contributed by atoms with E-state index in [-0.39, 0.29) is 0 Å². The van der Waals surface area contributed by atoms with E-state index in [0.29, 0.717) is 12.1 Å². The van der Waals surface area contributed by atoms with Crippen LogP contribution in [0.15, 0.2) is 53.5 Å². The molecule has 0 unspecified atom stereocenters. The second kappa shape index (κ2) is 8.60. The molecule has 0 heterocycles. The summed E-state index contributed by atoms with van der Waals surface area (Å²) in [6.45, 7) is 6.23. The molecule has 23 heavy (non-hydrogen) atoms. The number of hydrogen-bond donors (Lipinski definition) is 2. The summed E-state index contributed by atoms with van der Waals surface area (Å²) in [5.41, 5.74) is 4.20. The van der Waals surface area contributed by atoms with Crippen molar-refractivity contribution in [2.45, 2.75) is 26.9 Å². The average molecular weight is 306 g/mol. The highest BCUT2D eigenvalue weighted by Gasteiger charge is 2.01. The number of rotatable bonds is 5. The van der Waals surface area contributed by atoms with Crippen LogP contribution in [0.2, 0.25) is 0 Å². The van der Waals surface area contributed by atoms with E-state index in [1.54, 1.807) is 6.07 Å². The van der Waals surface area contributed by atoms with Gasteiger partial charge in [-0.25, -0.2) is 4.99 Å². The summed E-state index contributed by atoms with van der Waals surface area (Å²) in [6.07, 6.45) is 0. The predicted octanol–water partition coefficient (Wildman–Crippen LogP) is 3.12. The zero-order valence-corrected chi connectivity index (χ0v) is 13.6. The van der Waals surface area contributed by atoms with Crippen molar-refractivity contribution in [2.75, 3.05) is 6.54 Å². The summed E-state index contributed by atoms with van der Waals surface area (Å²) in [5, 5.41) is 15.5. The number of guanidine groups is 1. The molecule has 2 aromatic carbocycles. The maximum atomic E-state index is 8.95. The van der Waals surface area contributed by atoms with Gasteiger partial charge in [-0.2, -0.15) is 5.26 Å². The zero-order chi connectivity index (χ0) is 16.5. The molecular weight excluding hydrogens is 284 g/mol. The van der Waals surface area contributed by atoms with Gasteiger partial charge in [0.05, 0.1) is 18.2 Å². The molecule has 0 bridgehead atoms. The Kier molecular flexibility index (Phi) is 6.19. The molecule has 0 saturated heterocycles. The van der Waals surface area contributed by atoms with Crippen molar-refractivity contribution in [3.63, 3.8) is 0 Å². The second-order valence-electron chi connectivity index (χ2n) is 5.29. The molecule has 0 aromatic heterocycles. The molecule has 0 amide bonds. The SMILES string of the molecule is CCNC(=NCc1cccc(C#N)c1)NCc1ccccc1C. The Labute approximate surface area is 137 Å². The van der Waals surface area contributed by atoms with Crippen molar-refractivity contribution in [2.24, 2.45) is 4.99 Å². The largest absolute Gasteiger partial charge is 0.357 e. The standard InChI is InChI=1S/C19H22N4/c1-3-21-19(23-14-18-10-5-4-7-15(18)2)22-13-17-9-6-8-16(11-17)12-20/h4-11H,3,13-14H2,1-2H3,(H2,21,22,23). The van der Waals surface area contributed by atoms with Gasteiger partial charge in [-0.3, -0.25) is 0 Å². The van der Waals surface area contributed by atoms with Crippen molar-refractivity contribution in [1.29, 1.82) is 5.26 Å². The number of benzene rings is 2. The van der Waals surface area contributed by atoms with Crippen LogP contribution in [0.25, 0.3) is 0 Å². The molecule has 0 atom stereocenters. The molecule has 2 N–H and O–H groups in total. The third-order valence-corrected chi connectivity index (χ3v) is 3.53. The van der Waals surface area contributed by atoms with Crippen LogP contribution in [0.4, 0.5) is 0 Å². The molecule has 0 aliphatic heterocycles. The van der Waals surface area contributed by atoms with Gasteiger partial charge in [0.25, 0.3) is 0 Å². The number of hydrogen-bond acceptors (Lipinski definition) is 2. The van der Waals surface area contributed by atoms with Crippen molar-refractivity contribution in [1.82, 2.24) is 10.6 Å². The highest BCUT2D eigenvalue weighted by molar-refractivity contribution is 5.79. The van der Waals surface area contributed by atoms with Crippen LogP contribution in [-0.2, 0) is 13.1 Å². The van der Waals surface area contributed by atoms with E-state index in [4.69, 9.17) is 5.26 Å². The first-order valence-corrected chi connectivity index (χ1v) is 7.78. The zero-order valence-electron chi connectivity index (χ0n) is 13.6. The maximum absolute atomic E-state index is 8.95. The van der Waals surface area contributed by atoms with Gasteiger partial charge in [-0.05, 0) is 42.7 Å². The van der Waals surface area contributed by atoms with E-state index in [1.807, 2.05) is 37.3 Å². The van der Waals surface area contributed by atoms with Crippen LogP contribution in [0.3, 0.4) is 0 Å². The molecule has 4 nitrogen and oxygen atoms in total. The first-order chi connectivity index (χ1) is 11.2. The van der Waals surface area contributed by atoms with Gasteiger partial charge < -0.3 is 10.6 Å². The predicted molar refractivity (Wildman–Crippen MR) is 94.0 cm³/mol. The van der Waals surface area contributed by atoms with Crippen LogP contribution in [0.1, 0.15) is 29.2 Å². The van der Waals surface area contributed by atoms with E-state index < -0.39 is 0 Å². The quantitative estimate of drug-likeness (QED) is 0.659. The van der Waals surface area contributed by atoms with Crippen molar-refractivity contribution in [3.05, 3.63) is 70.8 Å². The van der Waals surface area contributed by atoms with Gasteiger partial charge in [0.1, 0.15) is 0 Å². The molecule has 0 aliphatic rings. The summed E-state index contributed by atoms with van der Waals surface area (Å²) < 4.78 is 0. The Hall–Kier alpha value is -2.80. The van der Waals surface area contributed by atoms with E-state index in [1.165, 1.54) is 11.1 Å². The van der Waals surface area contributed by atoms with Gasteiger partial charge >= 0.3 is 0 Å². The normalized spacial score (nSPS) is 10.9. The minimum Gasteiger partial charge on any atom is -0.357 e. The van der Waals surface area contributed by atoms with Crippen LogP contribution in [0.5, 0.6) is 0 Å². The van der Waals surface area contributed by atoms with E-state index in [2.05, 4.69) is 40.8 Å². The highest BCUT2D eigenvalue weighted by Crippen LogP contribution is 2.07. The summed E-state index contributed by atoms with van der Waals surface area (Å²) in [6, 6.07) is 18.0. The monoisotopic (exact) mass is 306 g/mol. The van der Waals surface area contributed by atoms with Crippen molar-refractivity contribution in [3.8, 4) is 6.07 Å². The van der Waals surface area contributed by atoms with Crippen LogP contribution >= 0.6 is 0 Å². The Morgan fingerprint density at radius 1 is 1.13 bits per heavy atom. The summed E-state index contributed by atoms with van der Waals surface area (Å²) >= 11 is 0. The van der Waals surface area contributed by atoms with Crippen LogP contribution < -0.4 is 10.6 Å². The minimum atomic E-state index is 0.540. The second-order valence-corrected chi connectivity index (χ2v) is 5.29. The molecule has 0 aliphatic carbocycles. The Balaban J connectivity index is 2.02. The van der Waals surface area contributed by atoms with Gasteiger partial charge in [-0.15, -0.1) is 0 Å². The smallest absolute Gasteiger partial charge is 0.191 e. The fourth-order valence-electron chi connectivity index (χ4n) is 2.24. The third-order valence-electron chi connectivity index (χ3n) is 3.53. The number of nitrogens with one attached hydrogen (secondary N) is 2. The summed E-state index contributed by atoms with van der Waals surface area (Å²) in [5.74, 6) is 0.776. The lowest BCUT2D eigenvalue weighted by molar-refractivity contribution is 0.813. The summed E-state index contributed by atoms with van der Waals surface area (Å²) in [4.78, 5) is 4.59. The maximum Gasteiger partial charge on any atom is 0.191 e. The first kappa shape index (κ1) is 16.6. The molecule has 2 aromatic rings. The molecule has 2 rings (SSSR count). The number of aryl methyl sites for hydroxylation is 1. The lowest BCUT2D eigenvalue weighted by Crippen LogP contribution is -2.36. The van der Waals surface area contributed by atoms with E-state index in [0.717, 1.165) is 24.6 Å². The molecule has 0 saturated carbocycles.